The first-order valence-corrected chi connectivity index (χ1v) is 6.87. The van der Waals surface area contributed by atoms with Crippen molar-refractivity contribution in [2.75, 3.05) is 0 Å². The molecule has 3 rings (SSSR count). The van der Waals surface area contributed by atoms with E-state index in [2.05, 4.69) is 0 Å². The Kier molecular flexibility index (Phi) is 3.55. The lowest BCUT2D eigenvalue weighted by atomic mass is 9.93. The highest BCUT2D eigenvalue weighted by Gasteiger charge is 2.19. The van der Waals surface area contributed by atoms with Crippen molar-refractivity contribution in [2.24, 2.45) is 0 Å². The molecule has 0 amide bonds. The molecule has 3 aromatic carbocycles. The average Bonchev–Trinajstić information content (AvgIpc) is 2.53. The zero-order valence-electron chi connectivity index (χ0n) is 11.0. The van der Waals surface area contributed by atoms with Gasteiger partial charge < -0.3 is 0 Å². The van der Waals surface area contributed by atoms with Crippen LogP contribution in [-0.4, -0.2) is 0 Å². The number of benzene rings is 2. The lowest BCUT2D eigenvalue weighted by Gasteiger charge is -2.07. The van der Waals surface area contributed by atoms with Crippen LogP contribution in [0.25, 0.3) is 23.3 Å². The summed E-state index contributed by atoms with van der Waals surface area (Å²) < 4.78 is 0. The molecule has 0 aliphatic heterocycles. The molecule has 0 aliphatic rings. The molecular weight excluding hydrogens is 284 g/mol. The standard InChI is InChI=1S/C18H11ClO2/c19-14-9-6-12(7-10-14)8-11-15-16(18(21)17(15)20)13-4-2-1-3-5-13/h1-11H/b11-8+. The highest BCUT2D eigenvalue weighted by atomic mass is 35.5. The second-order valence-electron chi connectivity index (χ2n) is 4.70. The number of hydrogen-bond acceptors (Lipinski definition) is 2. The van der Waals surface area contributed by atoms with E-state index in [4.69, 9.17) is 11.6 Å². The minimum atomic E-state index is -0.431. The Bertz CT molecular complexity index is 868. The van der Waals surface area contributed by atoms with Crippen molar-refractivity contribution in [3.63, 3.8) is 0 Å². The predicted octanol–water partition coefficient (Wildman–Crippen LogP) is 3.77. The van der Waals surface area contributed by atoms with Gasteiger partial charge >= 0.3 is 0 Å². The summed E-state index contributed by atoms with van der Waals surface area (Å²) in [4.78, 5) is 23.5. The van der Waals surface area contributed by atoms with Gasteiger partial charge in [-0.1, -0.05) is 60.1 Å². The average molecular weight is 295 g/mol. The molecule has 102 valence electrons. The van der Waals surface area contributed by atoms with Gasteiger partial charge in [-0.25, -0.2) is 0 Å². The molecule has 0 bridgehead atoms. The first kappa shape index (κ1) is 13.5. The maximum atomic E-state index is 11.8. The molecule has 21 heavy (non-hydrogen) atoms. The van der Waals surface area contributed by atoms with Gasteiger partial charge in [0.25, 0.3) is 0 Å². The quantitative estimate of drug-likeness (QED) is 0.689. The zero-order valence-corrected chi connectivity index (χ0v) is 11.8. The molecular formula is C18H11ClO2. The van der Waals surface area contributed by atoms with Crippen molar-refractivity contribution in [1.82, 2.24) is 0 Å². The van der Waals surface area contributed by atoms with Crippen LogP contribution >= 0.6 is 11.6 Å². The zero-order chi connectivity index (χ0) is 14.8. The van der Waals surface area contributed by atoms with Gasteiger partial charge in [0.15, 0.2) is 0 Å². The van der Waals surface area contributed by atoms with Crippen molar-refractivity contribution >= 4 is 23.8 Å². The van der Waals surface area contributed by atoms with E-state index >= 15 is 0 Å². The van der Waals surface area contributed by atoms with E-state index in [1.165, 1.54) is 0 Å². The molecule has 0 atom stereocenters. The van der Waals surface area contributed by atoms with Gasteiger partial charge in [0.05, 0.1) is 0 Å². The van der Waals surface area contributed by atoms with Gasteiger partial charge in [0.2, 0.25) is 10.9 Å². The summed E-state index contributed by atoms with van der Waals surface area (Å²) in [7, 11) is 0. The van der Waals surface area contributed by atoms with Crippen molar-refractivity contribution in [1.29, 1.82) is 0 Å². The van der Waals surface area contributed by atoms with Gasteiger partial charge in [-0.05, 0) is 29.3 Å². The molecule has 0 fully saturated rings. The highest BCUT2D eigenvalue weighted by Crippen LogP contribution is 2.21. The third-order valence-electron chi connectivity index (χ3n) is 3.32. The molecule has 0 saturated heterocycles. The third kappa shape index (κ3) is 2.58. The third-order valence-corrected chi connectivity index (χ3v) is 3.57. The van der Waals surface area contributed by atoms with Crippen LogP contribution < -0.4 is 10.9 Å². The lowest BCUT2D eigenvalue weighted by Crippen LogP contribution is -2.35. The minimum Gasteiger partial charge on any atom is -0.285 e. The Morgan fingerprint density at radius 1 is 0.762 bits per heavy atom. The number of halogens is 1. The van der Waals surface area contributed by atoms with E-state index in [0.717, 1.165) is 11.1 Å². The second kappa shape index (κ2) is 5.51. The molecule has 0 aromatic heterocycles. The summed E-state index contributed by atoms with van der Waals surface area (Å²) in [6, 6.07) is 16.5. The van der Waals surface area contributed by atoms with Crippen LogP contribution in [0.4, 0.5) is 0 Å². The molecule has 3 aromatic rings. The van der Waals surface area contributed by atoms with E-state index in [1.807, 2.05) is 42.5 Å². The minimum absolute atomic E-state index is 0.419. The second-order valence-corrected chi connectivity index (χ2v) is 5.13. The van der Waals surface area contributed by atoms with E-state index in [0.29, 0.717) is 16.1 Å². The predicted molar refractivity (Wildman–Crippen MR) is 87.2 cm³/mol. The van der Waals surface area contributed by atoms with Crippen LogP contribution in [0.5, 0.6) is 0 Å². The van der Waals surface area contributed by atoms with Crippen molar-refractivity contribution in [3.05, 3.63) is 91.2 Å². The summed E-state index contributed by atoms with van der Waals surface area (Å²) in [5, 5.41) is 0.659. The topological polar surface area (TPSA) is 34.1 Å². The Morgan fingerprint density at radius 2 is 1.43 bits per heavy atom. The molecule has 0 aliphatic carbocycles. The van der Waals surface area contributed by atoms with E-state index < -0.39 is 10.9 Å². The van der Waals surface area contributed by atoms with Gasteiger partial charge in [-0.2, -0.15) is 0 Å². The van der Waals surface area contributed by atoms with Crippen LogP contribution in [0.15, 0.2) is 64.2 Å². The summed E-state index contributed by atoms with van der Waals surface area (Å²) in [6.07, 6.45) is 3.49. The summed E-state index contributed by atoms with van der Waals surface area (Å²) in [5.74, 6) is 0. The van der Waals surface area contributed by atoms with E-state index in [1.54, 1.807) is 24.3 Å². The fourth-order valence-electron chi connectivity index (χ4n) is 2.21. The molecule has 3 heteroatoms. The molecule has 0 spiro atoms. The van der Waals surface area contributed by atoms with Gasteiger partial charge in [-0.15, -0.1) is 0 Å². The Labute approximate surface area is 126 Å². The van der Waals surface area contributed by atoms with Crippen molar-refractivity contribution in [3.8, 4) is 11.1 Å². The van der Waals surface area contributed by atoms with Gasteiger partial charge in [-0.3, -0.25) is 9.59 Å². The summed E-state index contributed by atoms with van der Waals surface area (Å²) in [6.45, 7) is 0. The van der Waals surface area contributed by atoms with Crippen LogP contribution in [-0.2, 0) is 0 Å². The number of hydrogen-bond donors (Lipinski definition) is 0. The Hall–Kier alpha value is -2.45. The molecule has 0 radical (unpaired) electrons. The summed E-state index contributed by atoms with van der Waals surface area (Å²) >= 11 is 5.83. The van der Waals surface area contributed by atoms with Gasteiger partial charge in [0.1, 0.15) is 0 Å². The molecule has 0 saturated carbocycles. The first-order valence-electron chi connectivity index (χ1n) is 6.49. The van der Waals surface area contributed by atoms with Gasteiger partial charge in [0, 0.05) is 16.1 Å². The van der Waals surface area contributed by atoms with Crippen LogP contribution in [0.3, 0.4) is 0 Å². The molecule has 2 nitrogen and oxygen atoms in total. The first-order chi connectivity index (χ1) is 10.2. The van der Waals surface area contributed by atoms with Crippen molar-refractivity contribution in [2.45, 2.75) is 0 Å². The smallest absolute Gasteiger partial charge is 0.234 e. The number of rotatable bonds is 3. The fourth-order valence-corrected chi connectivity index (χ4v) is 2.34. The summed E-state index contributed by atoms with van der Waals surface area (Å²) in [5.41, 5.74) is 1.80. The Balaban J connectivity index is 1.97. The van der Waals surface area contributed by atoms with Crippen molar-refractivity contribution < 1.29 is 0 Å². The fraction of sp³-hybridized carbons (Fsp3) is 0. The molecule has 0 N–H and O–H groups in total. The van der Waals surface area contributed by atoms with Crippen LogP contribution in [0, 0.1) is 0 Å². The van der Waals surface area contributed by atoms with E-state index in [9.17, 15) is 9.59 Å². The van der Waals surface area contributed by atoms with E-state index in [-0.39, 0.29) is 0 Å². The maximum absolute atomic E-state index is 11.8. The SMILES string of the molecule is O=c1c(/C=C/c2ccc(Cl)cc2)c(-c2ccccc2)c1=O. The lowest BCUT2D eigenvalue weighted by molar-refractivity contribution is 1.38. The largest absolute Gasteiger partial charge is 0.285 e. The highest BCUT2D eigenvalue weighted by molar-refractivity contribution is 6.30. The van der Waals surface area contributed by atoms with Crippen LogP contribution in [0.1, 0.15) is 11.1 Å². The molecule has 0 heterocycles. The Morgan fingerprint density at radius 3 is 2.10 bits per heavy atom. The monoisotopic (exact) mass is 294 g/mol. The maximum Gasteiger partial charge on any atom is 0.234 e. The van der Waals surface area contributed by atoms with Crippen LogP contribution in [0.2, 0.25) is 5.02 Å². The normalized spacial score (nSPS) is 11.3. The molecule has 0 unspecified atom stereocenters.